The summed E-state index contributed by atoms with van der Waals surface area (Å²) in [6.07, 6.45) is 6.59. The van der Waals surface area contributed by atoms with E-state index in [2.05, 4.69) is 26.8 Å². The molecule has 14 heavy (non-hydrogen) atoms. The standard InChI is InChI=1S/C13H20O/c1-9-7-10(2)12-11(14)5-4-6-13(12,3)8-9/h7,10,12H,4-6,8H2,1-3H3/t10-,12+,13+/m1/s1. The number of carbonyl (C=O) groups is 1. The third-order valence-electron chi connectivity index (χ3n) is 4.02. The third kappa shape index (κ3) is 1.43. The van der Waals surface area contributed by atoms with Crippen molar-refractivity contribution in [3.8, 4) is 0 Å². The Labute approximate surface area is 86.6 Å². The lowest BCUT2D eigenvalue weighted by Gasteiger charge is -2.46. The van der Waals surface area contributed by atoms with Gasteiger partial charge in [-0.05, 0) is 37.5 Å². The fourth-order valence-electron chi connectivity index (χ4n) is 3.73. The van der Waals surface area contributed by atoms with E-state index in [0.29, 0.717) is 17.6 Å². The van der Waals surface area contributed by atoms with E-state index in [9.17, 15) is 4.79 Å². The Bertz CT molecular complexity index is 290. The van der Waals surface area contributed by atoms with Crippen LogP contribution in [0.1, 0.15) is 46.5 Å². The van der Waals surface area contributed by atoms with E-state index in [0.717, 1.165) is 19.3 Å². The molecule has 0 N–H and O–H groups in total. The van der Waals surface area contributed by atoms with Gasteiger partial charge in [-0.1, -0.05) is 25.5 Å². The van der Waals surface area contributed by atoms with Crippen LogP contribution in [0.25, 0.3) is 0 Å². The Kier molecular flexibility index (Phi) is 2.29. The normalized spacial score (nSPS) is 43.1. The lowest BCUT2D eigenvalue weighted by molar-refractivity contribution is -0.132. The number of rotatable bonds is 0. The van der Waals surface area contributed by atoms with Gasteiger partial charge in [0.15, 0.2) is 0 Å². The fourth-order valence-corrected chi connectivity index (χ4v) is 3.73. The summed E-state index contributed by atoms with van der Waals surface area (Å²) >= 11 is 0. The number of Topliss-reactive ketones (excluding diaryl/α,β-unsaturated/α-hetero) is 1. The molecule has 0 spiro atoms. The van der Waals surface area contributed by atoms with Crippen molar-refractivity contribution in [2.75, 3.05) is 0 Å². The topological polar surface area (TPSA) is 17.1 Å². The van der Waals surface area contributed by atoms with Crippen molar-refractivity contribution in [1.29, 1.82) is 0 Å². The first-order valence-electron chi connectivity index (χ1n) is 5.73. The highest BCUT2D eigenvalue weighted by Gasteiger charge is 2.45. The van der Waals surface area contributed by atoms with Gasteiger partial charge in [-0.15, -0.1) is 0 Å². The Morgan fingerprint density at radius 1 is 1.50 bits per heavy atom. The largest absolute Gasteiger partial charge is 0.299 e. The first kappa shape index (κ1) is 9.95. The Morgan fingerprint density at radius 3 is 2.93 bits per heavy atom. The fraction of sp³-hybridized carbons (Fsp3) is 0.769. The van der Waals surface area contributed by atoms with E-state index < -0.39 is 0 Å². The molecule has 1 fully saturated rings. The lowest BCUT2D eigenvalue weighted by atomic mass is 9.57. The molecule has 0 aromatic heterocycles. The van der Waals surface area contributed by atoms with Crippen LogP contribution in [0.3, 0.4) is 0 Å². The van der Waals surface area contributed by atoms with Crippen molar-refractivity contribution >= 4 is 5.78 Å². The van der Waals surface area contributed by atoms with Crippen LogP contribution in [0.2, 0.25) is 0 Å². The lowest BCUT2D eigenvalue weighted by Crippen LogP contribution is -2.43. The summed E-state index contributed by atoms with van der Waals surface area (Å²) in [5.41, 5.74) is 1.75. The maximum Gasteiger partial charge on any atom is 0.137 e. The average molecular weight is 192 g/mol. The third-order valence-corrected chi connectivity index (χ3v) is 4.02. The molecule has 1 saturated carbocycles. The van der Waals surface area contributed by atoms with Crippen molar-refractivity contribution < 1.29 is 4.79 Å². The maximum atomic E-state index is 11.9. The summed E-state index contributed by atoms with van der Waals surface area (Å²) in [5.74, 6) is 1.27. The summed E-state index contributed by atoms with van der Waals surface area (Å²) in [7, 11) is 0. The molecule has 0 unspecified atom stereocenters. The minimum Gasteiger partial charge on any atom is -0.299 e. The highest BCUT2D eigenvalue weighted by Crippen LogP contribution is 2.50. The molecule has 1 nitrogen and oxygen atoms in total. The van der Waals surface area contributed by atoms with E-state index in [-0.39, 0.29) is 5.41 Å². The molecule has 2 rings (SSSR count). The SMILES string of the molecule is CC1=C[C@@H](C)[C@H]2C(=O)CCC[C@@]2(C)C1. The van der Waals surface area contributed by atoms with Crippen molar-refractivity contribution in [1.82, 2.24) is 0 Å². The summed E-state index contributed by atoms with van der Waals surface area (Å²) in [5, 5.41) is 0. The molecule has 0 bridgehead atoms. The smallest absolute Gasteiger partial charge is 0.137 e. The number of ketones is 1. The van der Waals surface area contributed by atoms with Crippen LogP contribution in [-0.2, 0) is 4.79 Å². The van der Waals surface area contributed by atoms with Gasteiger partial charge in [0.05, 0.1) is 0 Å². The number of hydrogen-bond donors (Lipinski definition) is 0. The highest BCUT2D eigenvalue weighted by molar-refractivity contribution is 5.83. The minimum atomic E-state index is 0.271. The quantitative estimate of drug-likeness (QED) is 0.538. The second-order valence-electron chi connectivity index (χ2n) is 5.50. The number of fused-ring (bicyclic) bond motifs is 1. The molecule has 0 heterocycles. The van der Waals surface area contributed by atoms with Crippen molar-refractivity contribution in [2.45, 2.75) is 46.5 Å². The molecular weight excluding hydrogens is 172 g/mol. The zero-order valence-corrected chi connectivity index (χ0v) is 9.47. The zero-order valence-electron chi connectivity index (χ0n) is 9.47. The van der Waals surface area contributed by atoms with Gasteiger partial charge >= 0.3 is 0 Å². The average Bonchev–Trinajstić information content (AvgIpc) is 2.00. The van der Waals surface area contributed by atoms with Crippen LogP contribution in [0, 0.1) is 17.3 Å². The van der Waals surface area contributed by atoms with Crippen LogP contribution in [-0.4, -0.2) is 5.78 Å². The summed E-state index contributed by atoms with van der Waals surface area (Å²) in [6.45, 7) is 6.72. The molecule has 0 radical (unpaired) electrons. The predicted molar refractivity (Wildman–Crippen MR) is 58.0 cm³/mol. The van der Waals surface area contributed by atoms with Gasteiger partial charge < -0.3 is 0 Å². The molecule has 0 aliphatic heterocycles. The molecule has 0 amide bonds. The minimum absolute atomic E-state index is 0.271. The molecule has 1 heteroatoms. The monoisotopic (exact) mass is 192 g/mol. The second-order valence-corrected chi connectivity index (χ2v) is 5.50. The van der Waals surface area contributed by atoms with E-state index in [4.69, 9.17) is 0 Å². The van der Waals surface area contributed by atoms with Gasteiger partial charge in [-0.25, -0.2) is 0 Å². The Balaban J connectivity index is 2.35. The van der Waals surface area contributed by atoms with Gasteiger partial charge in [-0.3, -0.25) is 4.79 Å². The molecular formula is C13H20O. The van der Waals surface area contributed by atoms with Crippen LogP contribution in [0.5, 0.6) is 0 Å². The predicted octanol–water partition coefficient (Wildman–Crippen LogP) is 3.35. The summed E-state index contributed by atoms with van der Waals surface area (Å²) in [4.78, 5) is 11.9. The van der Waals surface area contributed by atoms with E-state index >= 15 is 0 Å². The van der Waals surface area contributed by atoms with Gasteiger partial charge in [-0.2, -0.15) is 0 Å². The first-order valence-corrected chi connectivity index (χ1v) is 5.73. The highest BCUT2D eigenvalue weighted by atomic mass is 16.1. The van der Waals surface area contributed by atoms with Crippen molar-refractivity contribution in [2.24, 2.45) is 17.3 Å². The van der Waals surface area contributed by atoms with Crippen LogP contribution >= 0.6 is 0 Å². The Hall–Kier alpha value is -0.590. The van der Waals surface area contributed by atoms with Gasteiger partial charge in [0, 0.05) is 12.3 Å². The van der Waals surface area contributed by atoms with Crippen LogP contribution in [0.4, 0.5) is 0 Å². The van der Waals surface area contributed by atoms with Gasteiger partial charge in [0.1, 0.15) is 5.78 Å². The van der Waals surface area contributed by atoms with E-state index in [1.54, 1.807) is 0 Å². The zero-order chi connectivity index (χ0) is 10.3. The summed E-state index contributed by atoms with van der Waals surface area (Å²) in [6, 6.07) is 0. The second kappa shape index (κ2) is 3.22. The molecule has 2 aliphatic rings. The molecule has 2 aliphatic carbocycles. The van der Waals surface area contributed by atoms with Crippen molar-refractivity contribution in [3.05, 3.63) is 11.6 Å². The maximum absolute atomic E-state index is 11.9. The first-order chi connectivity index (χ1) is 6.53. The van der Waals surface area contributed by atoms with Crippen LogP contribution in [0.15, 0.2) is 11.6 Å². The molecule has 3 atom stereocenters. The molecule has 0 saturated heterocycles. The molecule has 78 valence electrons. The summed E-state index contributed by atoms with van der Waals surface area (Å²) < 4.78 is 0. The Morgan fingerprint density at radius 2 is 2.21 bits per heavy atom. The molecule has 0 aromatic carbocycles. The van der Waals surface area contributed by atoms with Gasteiger partial charge in [0.2, 0.25) is 0 Å². The number of hydrogen-bond acceptors (Lipinski definition) is 1. The molecule has 0 aromatic rings. The number of carbonyl (C=O) groups excluding carboxylic acids is 1. The van der Waals surface area contributed by atoms with Gasteiger partial charge in [0.25, 0.3) is 0 Å². The van der Waals surface area contributed by atoms with E-state index in [1.165, 1.54) is 12.0 Å². The van der Waals surface area contributed by atoms with Crippen LogP contribution < -0.4 is 0 Å². The number of allylic oxidation sites excluding steroid dienone is 2. The van der Waals surface area contributed by atoms with Crippen molar-refractivity contribution in [3.63, 3.8) is 0 Å². The van der Waals surface area contributed by atoms with E-state index in [1.807, 2.05) is 0 Å².